The molecule has 0 radical (unpaired) electrons. The van der Waals surface area contributed by atoms with Crippen molar-refractivity contribution in [1.29, 1.82) is 0 Å². The van der Waals surface area contributed by atoms with Gasteiger partial charge >= 0.3 is 0 Å². The summed E-state index contributed by atoms with van der Waals surface area (Å²) in [4.78, 5) is 8.29. The number of nitrogens with one attached hydrogen (secondary N) is 1. The van der Waals surface area contributed by atoms with E-state index in [2.05, 4.69) is 25.3 Å². The monoisotopic (exact) mass is 274 g/mol. The Hall–Kier alpha value is -2.35. The molecule has 0 aliphatic carbocycles. The highest BCUT2D eigenvalue weighted by atomic mass is 32.2. The van der Waals surface area contributed by atoms with Crippen LogP contribution in [0.2, 0.25) is 0 Å². The van der Waals surface area contributed by atoms with Crippen LogP contribution in [0.1, 0.15) is 5.82 Å². The number of nitrogens with two attached hydrogens (primary N) is 1. The third-order valence-corrected chi connectivity index (χ3v) is 3.14. The molecule has 0 saturated carbocycles. The Labute approximate surface area is 112 Å². The number of H-pyrrole nitrogens is 1. The molecule has 3 rings (SSSR count). The van der Waals surface area contributed by atoms with Crippen molar-refractivity contribution < 1.29 is 4.52 Å². The number of benzene rings is 1. The minimum absolute atomic E-state index is 0.292. The van der Waals surface area contributed by atoms with Crippen LogP contribution in [0.3, 0.4) is 0 Å². The first-order valence-electron chi connectivity index (χ1n) is 5.50. The molecule has 0 aliphatic rings. The number of hydrogen-bond acceptors (Lipinski definition) is 7. The second-order valence-corrected chi connectivity index (χ2v) is 4.62. The molecule has 3 aromatic rings. The number of nitrogen functional groups attached to an aromatic ring is 1. The van der Waals surface area contributed by atoms with Gasteiger partial charge in [-0.2, -0.15) is 9.97 Å². The van der Waals surface area contributed by atoms with E-state index in [4.69, 9.17) is 10.3 Å². The van der Waals surface area contributed by atoms with E-state index in [0.717, 1.165) is 5.56 Å². The number of hydrogen-bond donors (Lipinski definition) is 2. The summed E-state index contributed by atoms with van der Waals surface area (Å²) in [5.74, 6) is 1.91. The smallest absolute Gasteiger partial charge is 0.257 e. The molecule has 0 amide bonds. The molecular weight excluding hydrogens is 264 g/mol. The second kappa shape index (κ2) is 5.11. The summed E-state index contributed by atoms with van der Waals surface area (Å²) in [6.07, 6.45) is 0. The molecule has 96 valence electrons. The molecule has 2 heterocycles. The Kier molecular flexibility index (Phi) is 3.15. The van der Waals surface area contributed by atoms with E-state index in [1.54, 1.807) is 0 Å². The minimum Gasteiger partial charge on any atom is -0.368 e. The number of nitrogens with zero attached hydrogens (tertiary/aromatic N) is 4. The first-order valence-corrected chi connectivity index (χ1v) is 6.48. The van der Waals surface area contributed by atoms with Crippen LogP contribution < -0.4 is 5.73 Å². The summed E-state index contributed by atoms with van der Waals surface area (Å²) >= 11 is 1.38. The van der Waals surface area contributed by atoms with Crippen molar-refractivity contribution in [2.24, 2.45) is 0 Å². The SMILES string of the molecule is Nc1nc(SCc2noc(-c3ccccc3)n2)n[nH]1. The molecule has 0 fully saturated rings. The summed E-state index contributed by atoms with van der Waals surface area (Å²) < 4.78 is 5.20. The fraction of sp³-hybridized carbons (Fsp3) is 0.0909. The van der Waals surface area contributed by atoms with Gasteiger partial charge in [0, 0.05) is 5.56 Å². The molecule has 0 aliphatic heterocycles. The van der Waals surface area contributed by atoms with E-state index in [0.29, 0.717) is 28.6 Å². The van der Waals surface area contributed by atoms with Crippen molar-refractivity contribution in [2.45, 2.75) is 10.9 Å². The minimum atomic E-state index is 0.292. The number of aromatic nitrogens is 5. The maximum atomic E-state index is 5.44. The van der Waals surface area contributed by atoms with Crippen LogP contribution in [-0.4, -0.2) is 25.3 Å². The van der Waals surface area contributed by atoms with Gasteiger partial charge in [-0.1, -0.05) is 35.1 Å². The van der Waals surface area contributed by atoms with Gasteiger partial charge in [0.2, 0.25) is 11.1 Å². The van der Waals surface area contributed by atoms with Crippen molar-refractivity contribution in [2.75, 3.05) is 5.73 Å². The third-order valence-electron chi connectivity index (χ3n) is 2.30. The number of thioether (sulfide) groups is 1. The molecule has 1 aromatic carbocycles. The molecule has 2 aromatic heterocycles. The van der Waals surface area contributed by atoms with Gasteiger partial charge in [-0.05, 0) is 12.1 Å². The van der Waals surface area contributed by atoms with Crippen molar-refractivity contribution >= 4 is 17.7 Å². The molecule has 8 heteroatoms. The summed E-state index contributed by atoms with van der Waals surface area (Å²) in [7, 11) is 0. The van der Waals surface area contributed by atoms with Crippen LogP contribution in [0.5, 0.6) is 0 Å². The summed E-state index contributed by atoms with van der Waals surface area (Å²) in [6.45, 7) is 0. The highest BCUT2D eigenvalue weighted by Gasteiger charge is 2.10. The van der Waals surface area contributed by atoms with Gasteiger partial charge in [0.05, 0.1) is 5.75 Å². The van der Waals surface area contributed by atoms with Crippen LogP contribution >= 0.6 is 11.8 Å². The number of anilines is 1. The average molecular weight is 274 g/mol. The predicted octanol–water partition coefficient (Wildman–Crippen LogP) is 1.73. The van der Waals surface area contributed by atoms with Crippen molar-refractivity contribution in [3.8, 4) is 11.5 Å². The Morgan fingerprint density at radius 2 is 2.05 bits per heavy atom. The molecular formula is C11H10N6OS. The third kappa shape index (κ3) is 2.74. The lowest BCUT2D eigenvalue weighted by Crippen LogP contribution is -1.86. The topological polar surface area (TPSA) is 107 Å². The molecule has 0 spiro atoms. The Morgan fingerprint density at radius 1 is 1.21 bits per heavy atom. The maximum Gasteiger partial charge on any atom is 0.257 e. The summed E-state index contributed by atoms with van der Waals surface area (Å²) in [5.41, 5.74) is 6.33. The lowest BCUT2D eigenvalue weighted by atomic mass is 10.2. The first-order chi connectivity index (χ1) is 9.31. The van der Waals surface area contributed by atoms with Gasteiger partial charge < -0.3 is 10.3 Å². The van der Waals surface area contributed by atoms with Crippen molar-refractivity contribution in [3.63, 3.8) is 0 Å². The zero-order valence-corrected chi connectivity index (χ0v) is 10.6. The van der Waals surface area contributed by atoms with Gasteiger partial charge in [0.15, 0.2) is 5.82 Å². The molecule has 0 saturated heterocycles. The summed E-state index contributed by atoms with van der Waals surface area (Å²) in [6, 6.07) is 9.61. The van der Waals surface area contributed by atoms with Crippen LogP contribution in [0.15, 0.2) is 40.0 Å². The fourth-order valence-electron chi connectivity index (χ4n) is 1.46. The van der Waals surface area contributed by atoms with Crippen LogP contribution in [0.4, 0.5) is 5.95 Å². The quantitative estimate of drug-likeness (QED) is 0.697. The van der Waals surface area contributed by atoms with Crippen LogP contribution in [0, 0.1) is 0 Å². The maximum absolute atomic E-state index is 5.44. The van der Waals surface area contributed by atoms with Crippen molar-refractivity contribution in [1.82, 2.24) is 25.3 Å². The van der Waals surface area contributed by atoms with E-state index in [9.17, 15) is 0 Å². The van der Waals surface area contributed by atoms with E-state index in [1.807, 2.05) is 30.3 Å². The van der Waals surface area contributed by atoms with E-state index >= 15 is 0 Å². The molecule has 0 bridgehead atoms. The lowest BCUT2D eigenvalue weighted by molar-refractivity contribution is 0.425. The standard InChI is InChI=1S/C11H10N6OS/c12-10-14-11(16-15-10)19-6-8-13-9(18-17-8)7-4-2-1-3-5-7/h1-5H,6H2,(H3,12,14,15,16). The number of rotatable bonds is 4. The normalized spacial score (nSPS) is 10.7. The van der Waals surface area contributed by atoms with E-state index in [1.165, 1.54) is 11.8 Å². The van der Waals surface area contributed by atoms with E-state index in [-0.39, 0.29) is 0 Å². The zero-order chi connectivity index (χ0) is 13.1. The molecule has 19 heavy (non-hydrogen) atoms. The highest BCUT2D eigenvalue weighted by Crippen LogP contribution is 2.21. The van der Waals surface area contributed by atoms with Gasteiger partial charge in [-0.15, -0.1) is 5.10 Å². The highest BCUT2D eigenvalue weighted by molar-refractivity contribution is 7.98. The van der Waals surface area contributed by atoms with Crippen LogP contribution in [-0.2, 0) is 5.75 Å². The molecule has 7 nitrogen and oxygen atoms in total. The molecule has 0 atom stereocenters. The lowest BCUT2D eigenvalue weighted by Gasteiger charge is -1.91. The van der Waals surface area contributed by atoms with Gasteiger partial charge in [-0.3, -0.25) is 0 Å². The Balaban J connectivity index is 1.68. The fourth-order valence-corrected chi connectivity index (χ4v) is 2.11. The summed E-state index contributed by atoms with van der Waals surface area (Å²) in [5, 5.41) is 10.9. The Morgan fingerprint density at radius 3 is 2.79 bits per heavy atom. The van der Waals surface area contributed by atoms with Crippen LogP contribution in [0.25, 0.3) is 11.5 Å². The van der Waals surface area contributed by atoms with Gasteiger partial charge in [0.25, 0.3) is 5.89 Å². The van der Waals surface area contributed by atoms with E-state index < -0.39 is 0 Å². The average Bonchev–Trinajstić information content (AvgIpc) is 3.06. The molecule has 0 unspecified atom stereocenters. The molecule has 3 N–H and O–H groups in total. The van der Waals surface area contributed by atoms with Gasteiger partial charge in [-0.25, -0.2) is 5.10 Å². The zero-order valence-electron chi connectivity index (χ0n) is 9.78. The first kappa shape index (κ1) is 11.7. The largest absolute Gasteiger partial charge is 0.368 e. The number of aromatic amines is 1. The Bertz CT molecular complexity index is 665. The van der Waals surface area contributed by atoms with Crippen molar-refractivity contribution in [3.05, 3.63) is 36.2 Å². The second-order valence-electron chi connectivity index (χ2n) is 3.67. The van der Waals surface area contributed by atoms with Gasteiger partial charge in [0.1, 0.15) is 0 Å². The predicted molar refractivity (Wildman–Crippen MR) is 70.1 cm³/mol.